The molecule has 1 unspecified atom stereocenters. The molecule has 7 nitrogen and oxygen atoms in total. The van der Waals surface area contributed by atoms with E-state index in [2.05, 4.69) is 24.8 Å². The first-order chi connectivity index (χ1) is 24.7. The predicted octanol–water partition coefficient (Wildman–Crippen LogP) is 11.7. The van der Waals surface area contributed by atoms with Gasteiger partial charge < -0.3 is 23.8 Å². The van der Waals surface area contributed by atoms with Gasteiger partial charge in [0.1, 0.15) is 13.4 Å². The molecule has 0 bridgehead atoms. The molecular formula is C43H81NO6. The van der Waals surface area contributed by atoms with Crippen LogP contribution in [-0.2, 0) is 28.5 Å². The molecule has 1 saturated heterocycles. The van der Waals surface area contributed by atoms with E-state index in [-0.39, 0.29) is 18.0 Å². The highest BCUT2D eigenvalue weighted by Crippen LogP contribution is 2.18. The van der Waals surface area contributed by atoms with E-state index >= 15 is 0 Å². The standard InChI is InChI=1S/C43H81NO6/c1-3-5-7-9-11-19-27-38-48-42(45)32-23-17-13-15-21-30-41(50-40-47-37-29-36-44-34-25-26-35-44)31-22-16-14-18-24-33-43(46)49-39-28-20-12-10-8-6-4-2/h19,27,41H,3-18,20-26,28-40H2,1-2H3/b27-19-. The highest BCUT2D eigenvalue weighted by molar-refractivity contribution is 5.69. The average Bonchev–Trinajstić information content (AvgIpc) is 3.64. The predicted molar refractivity (Wildman–Crippen MR) is 208 cm³/mol. The lowest BCUT2D eigenvalue weighted by Crippen LogP contribution is -2.22. The van der Waals surface area contributed by atoms with Gasteiger partial charge in [0.25, 0.3) is 0 Å². The monoisotopic (exact) mass is 708 g/mol. The van der Waals surface area contributed by atoms with Crippen LogP contribution in [0.5, 0.6) is 0 Å². The second kappa shape index (κ2) is 37.3. The lowest BCUT2D eigenvalue weighted by molar-refractivity contribution is -0.144. The number of rotatable bonds is 38. The molecule has 0 radical (unpaired) electrons. The van der Waals surface area contributed by atoms with Crippen molar-refractivity contribution in [3.05, 3.63) is 12.2 Å². The van der Waals surface area contributed by atoms with Crippen LogP contribution < -0.4 is 0 Å². The Kier molecular flexibility index (Phi) is 34.8. The van der Waals surface area contributed by atoms with Crippen LogP contribution in [0.4, 0.5) is 0 Å². The highest BCUT2D eigenvalue weighted by atomic mass is 16.7. The van der Waals surface area contributed by atoms with E-state index < -0.39 is 0 Å². The van der Waals surface area contributed by atoms with Gasteiger partial charge in [0, 0.05) is 19.4 Å². The fourth-order valence-corrected chi connectivity index (χ4v) is 6.66. The first-order valence-electron chi connectivity index (χ1n) is 21.5. The zero-order chi connectivity index (χ0) is 36.0. The number of carbonyl (C=O) groups excluding carboxylic acids is 2. The Bertz CT molecular complexity index is 768. The van der Waals surface area contributed by atoms with Crippen LogP contribution in [0.15, 0.2) is 12.2 Å². The van der Waals surface area contributed by atoms with Crippen LogP contribution in [0.2, 0.25) is 0 Å². The molecule has 1 aliphatic rings. The third-order valence-corrected chi connectivity index (χ3v) is 9.91. The van der Waals surface area contributed by atoms with Gasteiger partial charge in [-0.05, 0) is 77.3 Å². The van der Waals surface area contributed by atoms with Crippen LogP contribution in [0.1, 0.15) is 200 Å². The molecule has 0 spiro atoms. The number of carbonyl (C=O) groups is 2. The maximum absolute atomic E-state index is 12.1. The molecule has 1 heterocycles. The third-order valence-electron chi connectivity index (χ3n) is 9.91. The molecule has 50 heavy (non-hydrogen) atoms. The molecule has 7 heteroatoms. The molecule has 1 fully saturated rings. The fourth-order valence-electron chi connectivity index (χ4n) is 6.66. The second-order valence-corrected chi connectivity index (χ2v) is 14.7. The van der Waals surface area contributed by atoms with Crippen molar-refractivity contribution in [2.45, 2.75) is 206 Å². The number of hydrogen-bond donors (Lipinski definition) is 0. The molecule has 0 aromatic carbocycles. The summed E-state index contributed by atoms with van der Waals surface area (Å²) in [5.74, 6) is -0.103. The van der Waals surface area contributed by atoms with E-state index in [9.17, 15) is 9.59 Å². The summed E-state index contributed by atoms with van der Waals surface area (Å²) in [6, 6.07) is 0. The van der Waals surface area contributed by atoms with Crippen LogP contribution in [-0.4, -0.2) is 69.2 Å². The van der Waals surface area contributed by atoms with Gasteiger partial charge in [-0.1, -0.05) is 135 Å². The van der Waals surface area contributed by atoms with Crippen molar-refractivity contribution in [2.75, 3.05) is 46.2 Å². The Morgan fingerprint density at radius 1 is 0.580 bits per heavy atom. The number of esters is 2. The van der Waals surface area contributed by atoms with Crippen molar-refractivity contribution in [1.82, 2.24) is 4.90 Å². The first kappa shape index (κ1) is 46.6. The van der Waals surface area contributed by atoms with Crippen LogP contribution >= 0.6 is 0 Å². The van der Waals surface area contributed by atoms with E-state index in [1.165, 1.54) is 103 Å². The molecule has 0 aliphatic carbocycles. The maximum Gasteiger partial charge on any atom is 0.306 e. The van der Waals surface area contributed by atoms with Crippen molar-refractivity contribution in [1.29, 1.82) is 0 Å². The van der Waals surface area contributed by atoms with E-state index in [1.807, 2.05) is 6.08 Å². The van der Waals surface area contributed by atoms with Gasteiger partial charge in [0.15, 0.2) is 0 Å². The molecule has 294 valence electrons. The van der Waals surface area contributed by atoms with Gasteiger partial charge in [-0.3, -0.25) is 9.59 Å². The van der Waals surface area contributed by atoms with Crippen molar-refractivity contribution in [3.63, 3.8) is 0 Å². The summed E-state index contributed by atoms with van der Waals surface area (Å²) in [5.41, 5.74) is 0. The van der Waals surface area contributed by atoms with E-state index in [4.69, 9.17) is 18.9 Å². The molecule has 0 N–H and O–H groups in total. The number of likely N-dealkylation sites (tertiary alicyclic amines) is 1. The van der Waals surface area contributed by atoms with Gasteiger partial charge >= 0.3 is 11.9 Å². The van der Waals surface area contributed by atoms with Gasteiger partial charge in [0.05, 0.1) is 19.3 Å². The van der Waals surface area contributed by atoms with Crippen molar-refractivity contribution in [3.8, 4) is 0 Å². The van der Waals surface area contributed by atoms with E-state index in [0.29, 0.717) is 32.8 Å². The first-order valence-corrected chi connectivity index (χ1v) is 21.5. The summed E-state index contributed by atoms with van der Waals surface area (Å²) in [5, 5.41) is 0. The number of hydrogen-bond acceptors (Lipinski definition) is 7. The van der Waals surface area contributed by atoms with Crippen molar-refractivity contribution < 1.29 is 28.5 Å². The van der Waals surface area contributed by atoms with E-state index in [0.717, 1.165) is 96.6 Å². The van der Waals surface area contributed by atoms with E-state index in [1.54, 1.807) is 0 Å². The van der Waals surface area contributed by atoms with Gasteiger partial charge in [-0.2, -0.15) is 0 Å². The largest absolute Gasteiger partial charge is 0.466 e. The molecular weight excluding hydrogens is 626 g/mol. The summed E-state index contributed by atoms with van der Waals surface area (Å²) in [6.07, 6.45) is 37.0. The topological polar surface area (TPSA) is 74.3 Å². The number of ether oxygens (including phenoxy) is 4. The Morgan fingerprint density at radius 2 is 1.12 bits per heavy atom. The molecule has 0 saturated carbocycles. The molecule has 0 amide bonds. The SMILES string of the molecule is CCCCCC/C=C\COC(=O)CCCCCCCC(CCCCCCCC(=O)OCCCCCCCCC)OCOCCCN1CCCC1. The second-order valence-electron chi connectivity index (χ2n) is 14.7. The Balaban J connectivity index is 2.12. The third kappa shape index (κ3) is 32.5. The van der Waals surface area contributed by atoms with Gasteiger partial charge in [-0.15, -0.1) is 0 Å². The minimum atomic E-state index is -0.0757. The Morgan fingerprint density at radius 3 is 1.76 bits per heavy atom. The summed E-state index contributed by atoms with van der Waals surface area (Å²) >= 11 is 0. The lowest BCUT2D eigenvalue weighted by Gasteiger charge is -2.19. The van der Waals surface area contributed by atoms with Gasteiger partial charge in [0.2, 0.25) is 0 Å². The van der Waals surface area contributed by atoms with Gasteiger partial charge in [-0.25, -0.2) is 0 Å². The number of nitrogens with zero attached hydrogens (tertiary/aromatic N) is 1. The molecule has 1 atom stereocenters. The number of allylic oxidation sites excluding steroid dienone is 1. The minimum Gasteiger partial charge on any atom is -0.466 e. The zero-order valence-corrected chi connectivity index (χ0v) is 33.1. The number of unbranched alkanes of at least 4 members (excludes halogenated alkanes) is 18. The summed E-state index contributed by atoms with van der Waals surface area (Å²) < 4.78 is 22.9. The average molecular weight is 708 g/mol. The molecule has 0 aromatic rings. The Hall–Kier alpha value is -1.44. The fraction of sp³-hybridized carbons (Fsp3) is 0.907. The summed E-state index contributed by atoms with van der Waals surface area (Å²) in [4.78, 5) is 26.6. The summed E-state index contributed by atoms with van der Waals surface area (Å²) in [7, 11) is 0. The minimum absolute atomic E-state index is 0.0268. The van der Waals surface area contributed by atoms with Crippen LogP contribution in [0, 0.1) is 0 Å². The molecule has 0 aromatic heterocycles. The van der Waals surface area contributed by atoms with Crippen molar-refractivity contribution >= 4 is 11.9 Å². The highest BCUT2D eigenvalue weighted by Gasteiger charge is 2.12. The van der Waals surface area contributed by atoms with Crippen LogP contribution in [0.3, 0.4) is 0 Å². The lowest BCUT2D eigenvalue weighted by atomic mass is 10.0. The maximum atomic E-state index is 12.1. The quantitative estimate of drug-likeness (QED) is 0.0274. The zero-order valence-electron chi connectivity index (χ0n) is 33.1. The summed E-state index contributed by atoms with van der Waals surface area (Å²) in [6.45, 7) is 10.2. The smallest absolute Gasteiger partial charge is 0.306 e. The van der Waals surface area contributed by atoms with Crippen molar-refractivity contribution in [2.24, 2.45) is 0 Å². The normalized spacial score (nSPS) is 14.1. The molecule has 1 aliphatic heterocycles. The van der Waals surface area contributed by atoms with Crippen LogP contribution in [0.25, 0.3) is 0 Å². The Labute approximate surface area is 309 Å². The molecule has 1 rings (SSSR count).